The van der Waals surface area contributed by atoms with Crippen LogP contribution in [-0.2, 0) is 4.74 Å². The van der Waals surface area contributed by atoms with Gasteiger partial charge in [0, 0.05) is 0 Å². The zero-order chi connectivity index (χ0) is 14.7. The minimum absolute atomic E-state index is 0.0206. The maximum absolute atomic E-state index is 13.6. The van der Waals surface area contributed by atoms with E-state index in [0.717, 1.165) is 17.4 Å². The molecule has 0 aliphatic rings. The van der Waals surface area contributed by atoms with Crippen molar-refractivity contribution in [2.75, 3.05) is 12.4 Å². The summed E-state index contributed by atoms with van der Waals surface area (Å²) in [6.07, 6.45) is 0. The van der Waals surface area contributed by atoms with Gasteiger partial charge in [0.15, 0.2) is 0 Å². The molecule has 4 nitrogen and oxygen atoms in total. The quantitative estimate of drug-likeness (QED) is 0.881. The van der Waals surface area contributed by atoms with Gasteiger partial charge >= 0.3 is 5.97 Å². The average Bonchev–Trinajstić information content (AvgIpc) is 2.86. The van der Waals surface area contributed by atoms with Crippen LogP contribution in [-0.4, -0.2) is 19.0 Å². The monoisotopic (exact) mass is 313 g/mol. The number of nitrogens with one attached hydrogen (secondary N) is 1. The number of methoxy groups -OCH3 is 1. The van der Waals surface area contributed by atoms with Crippen LogP contribution in [0.15, 0.2) is 30.3 Å². The standard InChI is InChI=1S/C13H9ClFNO3S/c1-19-13(18)9-5-6-10(20-9)16-12(17)11-7(14)3-2-4-8(11)15/h2-6H,1H3,(H,16,17). The van der Waals surface area contributed by atoms with E-state index in [1.165, 1.54) is 31.4 Å². The van der Waals surface area contributed by atoms with Crippen LogP contribution in [0, 0.1) is 5.82 Å². The van der Waals surface area contributed by atoms with Gasteiger partial charge < -0.3 is 10.1 Å². The van der Waals surface area contributed by atoms with E-state index in [4.69, 9.17) is 11.6 Å². The molecule has 0 aliphatic heterocycles. The maximum atomic E-state index is 13.6. The van der Waals surface area contributed by atoms with Gasteiger partial charge in [-0.1, -0.05) is 17.7 Å². The van der Waals surface area contributed by atoms with Crippen molar-refractivity contribution in [3.05, 3.63) is 51.6 Å². The minimum Gasteiger partial charge on any atom is -0.465 e. The summed E-state index contributed by atoms with van der Waals surface area (Å²) in [7, 11) is 1.26. The zero-order valence-corrected chi connectivity index (χ0v) is 11.8. The third kappa shape index (κ3) is 2.97. The number of benzene rings is 1. The lowest BCUT2D eigenvalue weighted by molar-refractivity contribution is 0.0606. The predicted molar refractivity (Wildman–Crippen MR) is 75.0 cm³/mol. The summed E-state index contributed by atoms with van der Waals surface area (Å²) in [5.41, 5.74) is -0.234. The molecule has 0 spiro atoms. The summed E-state index contributed by atoms with van der Waals surface area (Å²) in [6.45, 7) is 0. The summed E-state index contributed by atoms with van der Waals surface area (Å²) >= 11 is 6.83. The van der Waals surface area contributed by atoms with Gasteiger partial charge in [0.25, 0.3) is 5.91 Å². The number of esters is 1. The van der Waals surface area contributed by atoms with Crippen LogP contribution < -0.4 is 5.32 Å². The molecule has 1 N–H and O–H groups in total. The van der Waals surface area contributed by atoms with Crippen molar-refractivity contribution in [1.82, 2.24) is 0 Å². The first-order chi connectivity index (χ1) is 9.52. The van der Waals surface area contributed by atoms with Crippen molar-refractivity contribution in [3.63, 3.8) is 0 Å². The molecule has 0 unspecified atom stereocenters. The SMILES string of the molecule is COC(=O)c1ccc(NC(=O)c2c(F)cccc2Cl)s1. The van der Waals surface area contributed by atoms with E-state index in [9.17, 15) is 14.0 Å². The first-order valence-corrected chi connectivity index (χ1v) is 6.66. The Labute approximate surface area is 123 Å². The summed E-state index contributed by atoms with van der Waals surface area (Å²) in [5.74, 6) is -1.88. The van der Waals surface area contributed by atoms with Crippen LogP contribution in [0.5, 0.6) is 0 Å². The molecule has 2 aromatic rings. The molecule has 0 radical (unpaired) electrons. The van der Waals surface area contributed by atoms with Gasteiger partial charge in [0.05, 0.1) is 22.7 Å². The van der Waals surface area contributed by atoms with Crippen LogP contribution in [0.2, 0.25) is 5.02 Å². The summed E-state index contributed by atoms with van der Waals surface area (Å²) in [4.78, 5) is 23.6. The number of hydrogen-bond donors (Lipinski definition) is 1. The first kappa shape index (κ1) is 14.5. The van der Waals surface area contributed by atoms with Crippen molar-refractivity contribution in [1.29, 1.82) is 0 Å². The smallest absolute Gasteiger partial charge is 0.348 e. The normalized spacial score (nSPS) is 10.2. The first-order valence-electron chi connectivity index (χ1n) is 5.46. The molecule has 0 saturated heterocycles. The molecule has 0 fully saturated rings. The van der Waals surface area contributed by atoms with E-state index in [0.29, 0.717) is 9.88 Å². The minimum atomic E-state index is -0.709. The molecule has 2 rings (SSSR count). The molecule has 104 valence electrons. The molecule has 1 heterocycles. The molecular formula is C13H9ClFNO3S. The molecule has 0 aliphatic carbocycles. The Bertz CT molecular complexity index is 651. The van der Waals surface area contributed by atoms with Gasteiger partial charge in [0.1, 0.15) is 10.7 Å². The number of ether oxygens (including phenoxy) is 1. The highest BCUT2D eigenvalue weighted by Gasteiger charge is 2.17. The number of carbonyl (C=O) groups excluding carboxylic acids is 2. The summed E-state index contributed by atoms with van der Waals surface area (Å²) in [6, 6.07) is 7.02. The molecule has 20 heavy (non-hydrogen) atoms. The van der Waals surface area contributed by atoms with Gasteiger partial charge in [-0.25, -0.2) is 9.18 Å². The van der Waals surface area contributed by atoms with Crippen molar-refractivity contribution < 1.29 is 18.7 Å². The van der Waals surface area contributed by atoms with Gasteiger partial charge in [-0.05, 0) is 24.3 Å². The largest absolute Gasteiger partial charge is 0.465 e. The second-order valence-corrected chi connectivity index (χ2v) is 5.20. The van der Waals surface area contributed by atoms with Crippen LogP contribution in [0.3, 0.4) is 0 Å². The van der Waals surface area contributed by atoms with E-state index >= 15 is 0 Å². The molecular weight excluding hydrogens is 305 g/mol. The molecule has 1 amide bonds. The third-order valence-electron chi connectivity index (χ3n) is 2.42. The highest BCUT2D eigenvalue weighted by atomic mass is 35.5. The number of anilines is 1. The summed E-state index contributed by atoms with van der Waals surface area (Å²) in [5, 5.41) is 2.91. The van der Waals surface area contributed by atoms with E-state index in [2.05, 4.69) is 10.1 Å². The lowest BCUT2D eigenvalue weighted by Crippen LogP contribution is -2.13. The van der Waals surface area contributed by atoms with Crippen LogP contribution >= 0.6 is 22.9 Å². The summed E-state index contributed by atoms with van der Waals surface area (Å²) < 4.78 is 18.1. The number of hydrogen-bond acceptors (Lipinski definition) is 4. The number of thiophene rings is 1. The number of rotatable bonds is 3. The van der Waals surface area contributed by atoms with Gasteiger partial charge in [-0.2, -0.15) is 0 Å². The third-order valence-corrected chi connectivity index (χ3v) is 3.71. The van der Waals surface area contributed by atoms with E-state index in [1.807, 2.05) is 0 Å². The topological polar surface area (TPSA) is 55.4 Å². The number of carbonyl (C=O) groups is 2. The van der Waals surface area contributed by atoms with Crippen molar-refractivity contribution in [2.24, 2.45) is 0 Å². The van der Waals surface area contributed by atoms with E-state index < -0.39 is 17.7 Å². The maximum Gasteiger partial charge on any atom is 0.348 e. The van der Waals surface area contributed by atoms with Crippen molar-refractivity contribution in [2.45, 2.75) is 0 Å². The van der Waals surface area contributed by atoms with Crippen molar-refractivity contribution in [3.8, 4) is 0 Å². The Hall–Kier alpha value is -1.92. The Balaban J connectivity index is 2.20. The van der Waals surface area contributed by atoms with E-state index in [1.54, 1.807) is 0 Å². The predicted octanol–water partition coefficient (Wildman–Crippen LogP) is 3.58. The highest BCUT2D eigenvalue weighted by Crippen LogP contribution is 2.25. The van der Waals surface area contributed by atoms with Crippen LogP contribution in [0.4, 0.5) is 9.39 Å². The zero-order valence-electron chi connectivity index (χ0n) is 10.3. The number of halogens is 2. The average molecular weight is 314 g/mol. The fourth-order valence-corrected chi connectivity index (χ4v) is 2.57. The molecule has 1 aromatic carbocycles. The Morgan fingerprint density at radius 1 is 1.30 bits per heavy atom. The molecule has 7 heteroatoms. The Morgan fingerprint density at radius 3 is 2.70 bits per heavy atom. The fraction of sp³-hybridized carbons (Fsp3) is 0.0769. The van der Waals surface area contributed by atoms with Gasteiger partial charge in [-0.15, -0.1) is 11.3 Å². The Kier molecular flexibility index (Phi) is 4.36. The van der Waals surface area contributed by atoms with Gasteiger partial charge in [0.2, 0.25) is 0 Å². The second kappa shape index (κ2) is 6.02. The van der Waals surface area contributed by atoms with Crippen LogP contribution in [0.1, 0.15) is 20.0 Å². The molecule has 0 saturated carbocycles. The fourth-order valence-electron chi connectivity index (χ4n) is 1.50. The Morgan fingerprint density at radius 2 is 2.05 bits per heavy atom. The second-order valence-electron chi connectivity index (χ2n) is 3.71. The van der Waals surface area contributed by atoms with Crippen molar-refractivity contribution >= 4 is 39.8 Å². The molecule has 1 aromatic heterocycles. The number of amides is 1. The molecule has 0 bridgehead atoms. The highest BCUT2D eigenvalue weighted by molar-refractivity contribution is 7.18. The van der Waals surface area contributed by atoms with Gasteiger partial charge in [-0.3, -0.25) is 4.79 Å². The van der Waals surface area contributed by atoms with E-state index in [-0.39, 0.29) is 10.6 Å². The lowest BCUT2D eigenvalue weighted by Gasteiger charge is -2.05. The lowest BCUT2D eigenvalue weighted by atomic mass is 10.2. The molecule has 0 atom stereocenters. The van der Waals surface area contributed by atoms with Crippen LogP contribution in [0.25, 0.3) is 0 Å².